The van der Waals surface area contributed by atoms with E-state index in [4.69, 9.17) is 16.3 Å². The van der Waals surface area contributed by atoms with Crippen molar-refractivity contribution in [3.05, 3.63) is 88.1 Å². The summed E-state index contributed by atoms with van der Waals surface area (Å²) in [7, 11) is 0. The first-order valence-electron chi connectivity index (χ1n) is 9.74. The van der Waals surface area contributed by atoms with Crippen LogP contribution in [0.2, 0.25) is 5.02 Å². The number of hydrogen-bond acceptors (Lipinski definition) is 5. The van der Waals surface area contributed by atoms with Gasteiger partial charge in [-0.3, -0.25) is 9.59 Å². The molecule has 0 unspecified atom stereocenters. The summed E-state index contributed by atoms with van der Waals surface area (Å²) < 4.78 is 5.63. The lowest BCUT2D eigenvalue weighted by atomic mass is 10.2. The minimum absolute atomic E-state index is 0.142. The van der Waals surface area contributed by atoms with Gasteiger partial charge in [-0.25, -0.2) is 9.97 Å². The predicted octanol–water partition coefficient (Wildman–Crippen LogP) is 4.73. The van der Waals surface area contributed by atoms with E-state index in [9.17, 15) is 9.59 Å². The molecule has 4 aromatic rings. The third-order valence-electron chi connectivity index (χ3n) is 4.54. The van der Waals surface area contributed by atoms with E-state index in [1.807, 2.05) is 6.07 Å². The maximum absolute atomic E-state index is 12.2. The van der Waals surface area contributed by atoms with E-state index in [1.54, 1.807) is 54.6 Å². The number of nitrogens with one attached hydrogen (secondary N) is 2. The summed E-state index contributed by atoms with van der Waals surface area (Å²) in [6, 6.07) is 17.5. The number of aromatic nitrogens is 3. The number of H-pyrrole nitrogens is 1. The van der Waals surface area contributed by atoms with E-state index in [0.717, 1.165) is 0 Å². The second-order valence-electron chi connectivity index (χ2n) is 6.87. The Bertz CT molecular complexity index is 1250. The molecule has 1 amide bonds. The van der Waals surface area contributed by atoms with E-state index in [-0.39, 0.29) is 11.5 Å². The van der Waals surface area contributed by atoms with Crippen molar-refractivity contribution in [3.63, 3.8) is 0 Å². The number of halogens is 1. The van der Waals surface area contributed by atoms with Crippen LogP contribution in [0.3, 0.4) is 0 Å². The van der Waals surface area contributed by atoms with Gasteiger partial charge in [0.15, 0.2) is 0 Å². The van der Waals surface area contributed by atoms with Crippen molar-refractivity contribution in [1.82, 2.24) is 15.0 Å². The largest absolute Gasteiger partial charge is 0.439 e. The van der Waals surface area contributed by atoms with Crippen LogP contribution in [0.1, 0.15) is 18.7 Å². The van der Waals surface area contributed by atoms with Crippen molar-refractivity contribution in [2.24, 2.45) is 0 Å². The van der Waals surface area contributed by atoms with E-state index in [0.29, 0.717) is 58.3 Å². The number of rotatable bonds is 7. The van der Waals surface area contributed by atoms with Crippen molar-refractivity contribution >= 4 is 34.1 Å². The average molecular weight is 435 g/mol. The highest BCUT2D eigenvalue weighted by Gasteiger charge is 2.07. The number of carbonyl (C=O) groups excluding carboxylic acids is 1. The van der Waals surface area contributed by atoms with Gasteiger partial charge < -0.3 is 15.0 Å². The van der Waals surface area contributed by atoms with Gasteiger partial charge in [0.05, 0.1) is 22.8 Å². The van der Waals surface area contributed by atoms with E-state index in [1.165, 1.54) is 6.20 Å². The van der Waals surface area contributed by atoms with Gasteiger partial charge in [-0.2, -0.15) is 0 Å². The Kier molecular flexibility index (Phi) is 6.24. The lowest BCUT2D eigenvalue weighted by Crippen LogP contribution is -2.14. The smallest absolute Gasteiger partial charge is 0.258 e. The summed E-state index contributed by atoms with van der Waals surface area (Å²) in [5.74, 6) is 1.46. The maximum atomic E-state index is 12.2. The van der Waals surface area contributed by atoms with Gasteiger partial charge in [0, 0.05) is 23.9 Å². The molecule has 156 valence electrons. The Morgan fingerprint density at radius 1 is 1.06 bits per heavy atom. The average Bonchev–Trinajstić information content (AvgIpc) is 2.77. The van der Waals surface area contributed by atoms with Gasteiger partial charge in [0.25, 0.3) is 5.56 Å². The first-order chi connectivity index (χ1) is 15.1. The van der Waals surface area contributed by atoms with E-state index in [2.05, 4.69) is 20.3 Å². The van der Waals surface area contributed by atoms with Crippen LogP contribution in [-0.2, 0) is 11.2 Å². The van der Waals surface area contributed by atoms with Crippen LogP contribution in [0, 0.1) is 0 Å². The van der Waals surface area contributed by atoms with Gasteiger partial charge >= 0.3 is 0 Å². The van der Waals surface area contributed by atoms with Gasteiger partial charge in [0.1, 0.15) is 11.6 Å². The van der Waals surface area contributed by atoms with Crippen LogP contribution < -0.4 is 15.6 Å². The molecule has 0 spiro atoms. The number of anilines is 1. The van der Waals surface area contributed by atoms with Gasteiger partial charge in [-0.1, -0.05) is 23.7 Å². The van der Waals surface area contributed by atoms with Crippen LogP contribution in [0.25, 0.3) is 10.9 Å². The summed E-state index contributed by atoms with van der Waals surface area (Å²) >= 11 is 5.85. The topological polar surface area (TPSA) is 97.0 Å². The second-order valence-corrected chi connectivity index (χ2v) is 7.31. The van der Waals surface area contributed by atoms with Gasteiger partial charge in [-0.15, -0.1) is 0 Å². The molecule has 0 aliphatic carbocycles. The molecule has 0 aliphatic heterocycles. The van der Waals surface area contributed by atoms with Gasteiger partial charge in [0.2, 0.25) is 11.8 Å². The number of para-hydroxylation sites is 1. The molecular weight excluding hydrogens is 416 g/mol. The molecule has 0 saturated heterocycles. The highest BCUT2D eigenvalue weighted by atomic mass is 35.5. The fourth-order valence-electron chi connectivity index (χ4n) is 3.03. The lowest BCUT2D eigenvalue weighted by molar-refractivity contribution is -0.116. The summed E-state index contributed by atoms with van der Waals surface area (Å²) in [5, 5.41) is 3.98. The molecule has 0 radical (unpaired) electrons. The fourth-order valence-corrected chi connectivity index (χ4v) is 3.16. The predicted molar refractivity (Wildman–Crippen MR) is 120 cm³/mol. The van der Waals surface area contributed by atoms with Crippen LogP contribution >= 0.6 is 11.6 Å². The molecule has 0 saturated carbocycles. The third-order valence-corrected chi connectivity index (χ3v) is 4.79. The zero-order valence-electron chi connectivity index (χ0n) is 16.5. The molecule has 0 bridgehead atoms. The SMILES string of the molecule is O=C(CCCc1nc2ccccc2c(=O)[nH]1)Nc1ccc(Oc2ccc(Cl)cc2)nc1. The normalized spacial score (nSPS) is 10.7. The molecule has 2 heterocycles. The summed E-state index contributed by atoms with van der Waals surface area (Å²) in [5.41, 5.74) is 1.06. The number of aryl methyl sites for hydroxylation is 1. The molecule has 2 aromatic carbocycles. The maximum Gasteiger partial charge on any atom is 0.258 e. The summed E-state index contributed by atoms with van der Waals surface area (Å²) in [6.45, 7) is 0. The molecule has 2 N–H and O–H groups in total. The Labute approximate surface area is 183 Å². The first-order valence-corrected chi connectivity index (χ1v) is 10.1. The molecule has 0 fully saturated rings. The molecule has 7 nitrogen and oxygen atoms in total. The summed E-state index contributed by atoms with van der Waals surface area (Å²) in [6.07, 6.45) is 2.88. The van der Waals surface area contributed by atoms with Crippen molar-refractivity contribution < 1.29 is 9.53 Å². The van der Waals surface area contributed by atoms with Crippen LogP contribution in [0.5, 0.6) is 11.6 Å². The lowest BCUT2D eigenvalue weighted by Gasteiger charge is -2.07. The number of carbonyl (C=O) groups is 1. The number of ether oxygens (including phenoxy) is 1. The number of fused-ring (bicyclic) bond motifs is 1. The number of pyridine rings is 1. The summed E-state index contributed by atoms with van der Waals surface area (Å²) in [4.78, 5) is 35.7. The third kappa shape index (κ3) is 5.46. The Hall–Kier alpha value is -3.71. The highest BCUT2D eigenvalue weighted by molar-refractivity contribution is 6.30. The number of hydrogen-bond donors (Lipinski definition) is 2. The minimum atomic E-state index is -0.169. The zero-order chi connectivity index (χ0) is 21.6. The quantitative estimate of drug-likeness (QED) is 0.438. The fraction of sp³-hybridized carbons (Fsp3) is 0.130. The number of amides is 1. The van der Waals surface area contributed by atoms with E-state index >= 15 is 0 Å². The van der Waals surface area contributed by atoms with Crippen molar-refractivity contribution in [2.75, 3.05) is 5.32 Å². The first kappa shape index (κ1) is 20.6. The molecule has 4 rings (SSSR count). The molecule has 2 aromatic heterocycles. The Morgan fingerprint density at radius 2 is 1.87 bits per heavy atom. The Balaban J connectivity index is 1.28. The standard InChI is InChI=1S/C23H19ClN4O3/c24-15-8-11-17(12-9-15)31-22-13-10-16(14-25-22)26-21(29)7-3-6-20-27-19-5-2-1-4-18(19)23(30)28-20/h1-2,4-5,8-14H,3,6-7H2,(H,26,29)(H,27,28,30). The van der Waals surface area contributed by atoms with E-state index < -0.39 is 0 Å². The van der Waals surface area contributed by atoms with Crippen molar-refractivity contribution in [2.45, 2.75) is 19.3 Å². The van der Waals surface area contributed by atoms with Crippen LogP contribution in [-0.4, -0.2) is 20.9 Å². The zero-order valence-corrected chi connectivity index (χ0v) is 17.2. The van der Waals surface area contributed by atoms with Gasteiger partial charge in [-0.05, 0) is 48.9 Å². The Morgan fingerprint density at radius 3 is 2.65 bits per heavy atom. The number of benzene rings is 2. The van der Waals surface area contributed by atoms with Crippen molar-refractivity contribution in [3.8, 4) is 11.6 Å². The monoisotopic (exact) mass is 434 g/mol. The van der Waals surface area contributed by atoms with Crippen LogP contribution in [0.4, 0.5) is 5.69 Å². The number of aromatic amines is 1. The minimum Gasteiger partial charge on any atom is -0.439 e. The highest BCUT2D eigenvalue weighted by Crippen LogP contribution is 2.22. The second kappa shape index (κ2) is 9.40. The molecule has 8 heteroatoms. The molecule has 0 aliphatic rings. The number of nitrogens with zero attached hydrogens (tertiary/aromatic N) is 2. The molecule has 31 heavy (non-hydrogen) atoms. The molecule has 0 atom stereocenters. The van der Waals surface area contributed by atoms with Crippen molar-refractivity contribution in [1.29, 1.82) is 0 Å². The van der Waals surface area contributed by atoms with Crippen LogP contribution in [0.15, 0.2) is 71.7 Å². The molecular formula is C23H19ClN4O3.